The molecular formula is C12H14N2O4S. The minimum absolute atomic E-state index is 0.0204. The Morgan fingerprint density at radius 2 is 2.26 bits per heavy atom. The topological polar surface area (TPSA) is 92.4 Å². The van der Waals surface area contributed by atoms with Gasteiger partial charge in [0.1, 0.15) is 9.71 Å². The van der Waals surface area contributed by atoms with Crippen molar-refractivity contribution in [2.75, 3.05) is 6.61 Å². The Kier molecular flexibility index (Phi) is 3.68. The first kappa shape index (κ1) is 13.7. The summed E-state index contributed by atoms with van der Waals surface area (Å²) in [5, 5.41) is 18.4. The van der Waals surface area contributed by atoms with Crippen LogP contribution in [-0.2, 0) is 6.54 Å². The quantitative estimate of drug-likeness (QED) is 0.875. The summed E-state index contributed by atoms with van der Waals surface area (Å²) in [6, 6.07) is 0. The smallest absolute Gasteiger partial charge is 0.346 e. The summed E-state index contributed by atoms with van der Waals surface area (Å²) in [7, 11) is 0. The molecule has 102 valence electrons. The van der Waals surface area contributed by atoms with E-state index in [0.29, 0.717) is 22.3 Å². The summed E-state index contributed by atoms with van der Waals surface area (Å²) < 4.78 is 1.41. The largest absolute Gasteiger partial charge is 0.477 e. The predicted octanol–water partition coefficient (Wildman–Crippen LogP) is 1.09. The fourth-order valence-corrected chi connectivity index (χ4v) is 2.86. The van der Waals surface area contributed by atoms with Gasteiger partial charge in [-0.15, -0.1) is 11.3 Å². The number of aromatic nitrogens is 2. The Morgan fingerprint density at radius 1 is 1.58 bits per heavy atom. The monoisotopic (exact) mass is 282 g/mol. The first-order chi connectivity index (χ1) is 8.95. The molecule has 0 amide bonds. The Hall–Kier alpha value is -1.73. The molecule has 2 rings (SSSR count). The third-order valence-electron chi connectivity index (χ3n) is 2.93. The van der Waals surface area contributed by atoms with Crippen LogP contribution in [0.15, 0.2) is 11.1 Å². The number of carboxylic acids is 1. The van der Waals surface area contributed by atoms with Crippen LogP contribution in [0.3, 0.4) is 0 Å². The molecule has 6 nitrogen and oxygen atoms in total. The van der Waals surface area contributed by atoms with Gasteiger partial charge >= 0.3 is 5.97 Å². The Morgan fingerprint density at radius 3 is 2.84 bits per heavy atom. The van der Waals surface area contributed by atoms with Gasteiger partial charge in [-0.3, -0.25) is 9.36 Å². The highest BCUT2D eigenvalue weighted by molar-refractivity contribution is 7.20. The lowest BCUT2D eigenvalue weighted by Gasteiger charge is -2.09. The van der Waals surface area contributed by atoms with Crippen molar-refractivity contribution in [3.05, 3.63) is 27.1 Å². The fourth-order valence-electron chi connectivity index (χ4n) is 1.89. The van der Waals surface area contributed by atoms with Crippen LogP contribution in [0.2, 0.25) is 0 Å². The number of carbonyl (C=O) groups is 1. The van der Waals surface area contributed by atoms with Gasteiger partial charge in [-0.2, -0.15) is 0 Å². The summed E-state index contributed by atoms with van der Waals surface area (Å²) >= 11 is 1.01. The number of aliphatic hydroxyl groups is 1. The maximum absolute atomic E-state index is 12.3. The molecule has 2 aromatic heterocycles. The second-order valence-corrected chi connectivity index (χ2v) is 5.53. The molecule has 2 N–H and O–H groups in total. The maximum atomic E-state index is 12.3. The third kappa shape index (κ3) is 2.39. The molecule has 0 aliphatic heterocycles. The van der Waals surface area contributed by atoms with Crippen LogP contribution in [0.1, 0.15) is 22.2 Å². The molecule has 19 heavy (non-hydrogen) atoms. The molecule has 0 aliphatic rings. The van der Waals surface area contributed by atoms with Gasteiger partial charge in [0.15, 0.2) is 0 Å². The van der Waals surface area contributed by atoms with Gasteiger partial charge in [0.05, 0.1) is 11.7 Å². The molecule has 0 fully saturated rings. The van der Waals surface area contributed by atoms with Crippen molar-refractivity contribution >= 4 is 27.5 Å². The first-order valence-electron chi connectivity index (χ1n) is 5.78. The minimum atomic E-state index is -1.05. The normalized spacial score (nSPS) is 12.8. The van der Waals surface area contributed by atoms with Gasteiger partial charge in [0.2, 0.25) is 0 Å². The lowest BCUT2D eigenvalue weighted by molar-refractivity contribution is 0.0701. The van der Waals surface area contributed by atoms with E-state index in [0.717, 1.165) is 11.3 Å². The lowest BCUT2D eigenvalue weighted by Crippen LogP contribution is -2.24. The van der Waals surface area contributed by atoms with Crippen molar-refractivity contribution < 1.29 is 15.0 Å². The van der Waals surface area contributed by atoms with E-state index in [4.69, 9.17) is 10.2 Å². The van der Waals surface area contributed by atoms with Crippen molar-refractivity contribution in [3.63, 3.8) is 0 Å². The molecule has 2 heterocycles. The van der Waals surface area contributed by atoms with E-state index in [-0.39, 0.29) is 23.0 Å². The van der Waals surface area contributed by atoms with E-state index >= 15 is 0 Å². The Labute approximate surface area is 113 Å². The maximum Gasteiger partial charge on any atom is 0.346 e. The molecular weight excluding hydrogens is 268 g/mol. The van der Waals surface area contributed by atoms with Crippen molar-refractivity contribution in [1.82, 2.24) is 9.55 Å². The number of aliphatic hydroxyl groups excluding tert-OH is 1. The summed E-state index contributed by atoms with van der Waals surface area (Å²) in [5.74, 6) is -1.11. The summed E-state index contributed by atoms with van der Waals surface area (Å²) in [4.78, 5) is 28.1. The zero-order valence-electron chi connectivity index (χ0n) is 10.6. The second-order valence-electron chi connectivity index (χ2n) is 4.53. The van der Waals surface area contributed by atoms with Crippen molar-refractivity contribution in [1.29, 1.82) is 0 Å². The van der Waals surface area contributed by atoms with Crippen LogP contribution < -0.4 is 5.56 Å². The number of fused-ring (bicyclic) bond motifs is 1. The van der Waals surface area contributed by atoms with Crippen molar-refractivity contribution in [2.45, 2.75) is 20.4 Å². The zero-order chi connectivity index (χ0) is 14.2. The molecule has 2 aromatic rings. The Balaban J connectivity index is 2.61. The SMILES string of the molecule is Cc1c(C(=O)O)sc2ncn(CC(C)CO)c(=O)c12. The molecule has 7 heteroatoms. The second kappa shape index (κ2) is 5.10. The number of carboxylic acid groups (broad SMARTS) is 1. The third-order valence-corrected chi connectivity index (χ3v) is 4.12. The molecule has 0 saturated heterocycles. The molecule has 1 unspecified atom stereocenters. The standard InChI is InChI=1S/C12H14N2O4S/c1-6(4-15)3-14-5-13-10-8(11(14)16)7(2)9(19-10)12(17)18/h5-6,15H,3-4H2,1-2H3,(H,17,18). The van der Waals surface area contributed by atoms with Gasteiger partial charge in [-0.1, -0.05) is 6.92 Å². The number of aromatic carboxylic acids is 1. The first-order valence-corrected chi connectivity index (χ1v) is 6.60. The number of aryl methyl sites for hydroxylation is 1. The van der Waals surface area contributed by atoms with Crippen LogP contribution in [0.4, 0.5) is 0 Å². The van der Waals surface area contributed by atoms with Crippen molar-refractivity contribution in [3.8, 4) is 0 Å². The number of rotatable bonds is 4. The van der Waals surface area contributed by atoms with Crippen molar-refractivity contribution in [2.24, 2.45) is 5.92 Å². The molecule has 1 atom stereocenters. The van der Waals surface area contributed by atoms with Crippen LogP contribution in [0.25, 0.3) is 10.2 Å². The van der Waals surface area contributed by atoms with E-state index in [1.165, 1.54) is 10.9 Å². The van der Waals surface area contributed by atoms with Gasteiger partial charge in [0, 0.05) is 13.2 Å². The number of thiophene rings is 1. The van der Waals surface area contributed by atoms with E-state index < -0.39 is 5.97 Å². The number of nitrogens with zero attached hydrogens (tertiary/aromatic N) is 2. The molecule has 0 aromatic carbocycles. The van der Waals surface area contributed by atoms with Crippen LogP contribution in [0.5, 0.6) is 0 Å². The van der Waals surface area contributed by atoms with Crippen LogP contribution in [-0.4, -0.2) is 32.3 Å². The highest BCUT2D eigenvalue weighted by Gasteiger charge is 2.19. The summed E-state index contributed by atoms with van der Waals surface area (Å²) in [6.07, 6.45) is 1.40. The lowest BCUT2D eigenvalue weighted by atomic mass is 10.2. The molecule has 0 radical (unpaired) electrons. The zero-order valence-corrected chi connectivity index (χ0v) is 11.4. The summed E-state index contributed by atoms with van der Waals surface area (Å²) in [6.45, 7) is 3.77. The predicted molar refractivity (Wildman–Crippen MR) is 71.8 cm³/mol. The van der Waals surface area contributed by atoms with Gasteiger partial charge in [0.25, 0.3) is 5.56 Å². The molecule has 0 bridgehead atoms. The Bertz CT molecular complexity index is 689. The average molecular weight is 282 g/mol. The number of hydrogen-bond donors (Lipinski definition) is 2. The highest BCUT2D eigenvalue weighted by atomic mass is 32.1. The summed E-state index contributed by atoms with van der Waals surface area (Å²) in [5.41, 5.74) is 0.197. The van der Waals surface area contributed by atoms with Gasteiger partial charge in [-0.05, 0) is 18.4 Å². The molecule has 0 saturated carbocycles. The van der Waals surface area contributed by atoms with E-state index in [2.05, 4.69) is 4.98 Å². The number of hydrogen-bond acceptors (Lipinski definition) is 5. The van der Waals surface area contributed by atoms with Crippen LogP contribution >= 0.6 is 11.3 Å². The van der Waals surface area contributed by atoms with E-state index in [1.807, 2.05) is 6.92 Å². The van der Waals surface area contributed by atoms with Crippen LogP contribution in [0, 0.1) is 12.8 Å². The van der Waals surface area contributed by atoms with E-state index in [1.54, 1.807) is 6.92 Å². The fraction of sp³-hybridized carbons (Fsp3) is 0.417. The van der Waals surface area contributed by atoms with E-state index in [9.17, 15) is 9.59 Å². The minimum Gasteiger partial charge on any atom is -0.477 e. The van der Waals surface area contributed by atoms with Gasteiger partial charge in [-0.25, -0.2) is 9.78 Å². The highest BCUT2D eigenvalue weighted by Crippen LogP contribution is 2.26. The molecule has 0 aliphatic carbocycles. The molecule has 0 spiro atoms. The average Bonchev–Trinajstić information content (AvgIpc) is 2.71. The van der Waals surface area contributed by atoms with Gasteiger partial charge < -0.3 is 10.2 Å².